The van der Waals surface area contributed by atoms with Crippen molar-refractivity contribution in [3.05, 3.63) is 104 Å². The number of aromatic hydroxyl groups is 3. The topological polar surface area (TPSA) is 250 Å². The lowest BCUT2D eigenvalue weighted by Gasteiger charge is -2.48. The quantitative estimate of drug-likeness (QED) is 0.0616. The summed E-state index contributed by atoms with van der Waals surface area (Å²) in [5, 5.41) is 48.4. The number of nitrogens with zero attached hydrogens (tertiary/aromatic N) is 3. The molecule has 0 aliphatic heterocycles. The van der Waals surface area contributed by atoms with Crippen molar-refractivity contribution in [1.82, 2.24) is 29.7 Å². The van der Waals surface area contributed by atoms with Crippen molar-refractivity contribution in [1.29, 1.82) is 0 Å². The number of anilines is 3. The molecule has 3 aromatic carbocycles. The molecule has 0 spiro atoms. The highest BCUT2D eigenvalue weighted by Crippen LogP contribution is 2.49. The molecule has 0 saturated heterocycles. The van der Waals surface area contributed by atoms with Gasteiger partial charge in [-0.3, -0.25) is 0 Å². The number of amides is 6. The normalized spacial score (nSPS) is 26.4. The molecule has 3 aliphatic rings. The number of hydrogen-bond acceptors (Lipinski definition) is 9. The van der Waals surface area contributed by atoms with E-state index in [0.29, 0.717) is 57.8 Å². The predicted molar refractivity (Wildman–Crippen MR) is 279 cm³/mol. The number of benzene rings is 3. The van der Waals surface area contributed by atoms with E-state index < -0.39 is 51.4 Å². The summed E-state index contributed by atoms with van der Waals surface area (Å²) in [5.41, 5.74) is -4.69. The molecule has 18 heteroatoms. The number of urea groups is 3. The summed E-state index contributed by atoms with van der Waals surface area (Å²) < 4.78 is 3.59. The van der Waals surface area contributed by atoms with Crippen LogP contribution < -0.4 is 49.0 Å². The van der Waals surface area contributed by atoms with Crippen LogP contribution >= 0.6 is 0 Å². The molecule has 3 aliphatic carbocycles. The van der Waals surface area contributed by atoms with E-state index in [1.54, 1.807) is 54.6 Å². The number of rotatable bonds is 12. The molecule has 0 bridgehead atoms. The molecule has 7 rings (SSSR count). The summed E-state index contributed by atoms with van der Waals surface area (Å²) in [7, 11) is 0. The van der Waals surface area contributed by atoms with Gasteiger partial charge in [0.15, 0.2) is 0 Å². The van der Waals surface area contributed by atoms with Crippen LogP contribution in [0.3, 0.4) is 0 Å². The lowest BCUT2D eigenvalue weighted by atomic mass is 9.62. The second-order valence-corrected chi connectivity index (χ2v) is 24.7. The Hall–Kier alpha value is -6.72. The van der Waals surface area contributed by atoms with Gasteiger partial charge in [0.05, 0.1) is 17.1 Å². The fourth-order valence-corrected chi connectivity index (χ4v) is 13.6. The maximum Gasteiger partial charge on any atom is 0.336 e. The first-order valence-electron chi connectivity index (χ1n) is 25.0. The van der Waals surface area contributed by atoms with Crippen LogP contribution in [-0.4, -0.2) is 65.2 Å². The summed E-state index contributed by atoms with van der Waals surface area (Å²) in [6, 6.07) is 16.7. The third kappa shape index (κ3) is 13.0. The lowest BCUT2D eigenvalue weighted by Crippen LogP contribution is -2.60. The number of carbonyl (C=O) groups is 3. The standard InChI is InChI=1S/C54H75N9O9/c1-49(2)22-34(55-43(67)58-37-16-10-13-19-40(37)64)25-52(7,28-49)31-61-46(70)62(32-53(8)26-35(23-50(3,4)29-53)56-44(68)59-38-17-11-14-20-41(38)65)48(72)63(47(61)71)33-54(9)27-36(24-51(5,6)30-54)57-45(69)60-39-18-12-15-21-42(39)66/h10-21,34-36,64-66H,22-33H2,1-9H3,(H2,55,58,67)(H2,56,59,68)(H2,57,60,69). The molecule has 6 unspecified atom stereocenters. The minimum Gasteiger partial charge on any atom is -0.506 e. The van der Waals surface area contributed by atoms with Gasteiger partial charge in [0.1, 0.15) is 17.2 Å². The van der Waals surface area contributed by atoms with Gasteiger partial charge >= 0.3 is 35.2 Å². The number of aromatic nitrogens is 3. The van der Waals surface area contributed by atoms with Gasteiger partial charge in [-0.25, -0.2) is 42.5 Å². The zero-order valence-corrected chi connectivity index (χ0v) is 43.3. The molecule has 9 N–H and O–H groups in total. The molecule has 3 fully saturated rings. The fourth-order valence-electron chi connectivity index (χ4n) is 13.6. The zero-order chi connectivity index (χ0) is 52.6. The van der Waals surface area contributed by atoms with E-state index in [-0.39, 0.29) is 88.3 Å². The summed E-state index contributed by atoms with van der Waals surface area (Å²) in [6.07, 6.45) is 4.81. The van der Waals surface area contributed by atoms with E-state index in [1.807, 2.05) is 20.8 Å². The summed E-state index contributed by atoms with van der Waals surface area (Å²) in [6.45, 7) is 18.3. The second-order valence-electron chi connectivity index (χ2n) is 24.7. The average molecular weight is 994 g/mol. The summed E-state index contributed by atoms with van der Waals surface area (Å²) in [5.74, 6) is -0.232. The first kappa shape index (κ1) is 53.1. The third-order valence-electron chi connectivity index (χ3n) is 14.8. The number of hydrogen-bond donors (Lipinski definition) is 9. The molecule has 390 valence electrons. The highest BCUT2D eigenvalue weighted by atomic mass is 16.3. The Morgan fingerprint density at radius 1 is 0.431 bits per heavy atom. The van der Waals surface area contributed by atoms with Crippen LogP contribution in [0.4, 0.5) is 31.4 Å². The molecule has 6 atom stereocenters. The van der Waals surface area contributed by atoms with E-state index in [1.165, 1.54) is 31.9 Å². The Morgan fingerprint density at radius 2 is 0.667 bits per heavy atom. The Labute approximate surface area is 421 Å². The van der Waals surface area contributed by atoms with E-state index in [4.69, 9.17) is 0 Å². The molecule has 1 aromatic heterocycles. The lowest BCUT2D eigenvalue weighted by molar-refractivity contribution is 0.0447. The molecule has 1 heterocycles. The SMILES string of the molecule is CC1(C)CC(NC(=O)Nc2ccccc2O)CC(C)(Cn2c(=O)n(CC3(C)CC(NC(=O)Nc4ccccc4O)CC(C)(C)C3)c(=O)n(CC3(C)CC(NC(=O)Nc4ccccc4O)CC(C)(C)C3)c2=O)C1. The van der Waals surface area contributed by atoms with Crippen molar-refractivity contribution in [2.75, 3.05) is 16.0 Å². The number of para-hydroxylation sites is 6. The van der Waals surface area contributed by atoms with Gasteiger partial charge < -0.3 is 47.2 Å². The van der Waals surface area contributed by atoms with Crippen LogP contribution in [0.1, 0.15) is 120 Å². The molecular weight excluding hydrogens is 919 g/mol. The van der Waals surface area contributed by atoms with Gasteiger partial charge in [0.2, 0.25) is 0 Å². The smallest absolute Gasteiger partial charge is 0.336 e. The van der Waals surface area contributed by atoms with Gasteiger partial charge in [-0.2, -0.15) is 0 Å². The molecule has 18 nitrogen and oxygen atoms in total. The van der Waals surface area contributed by atoms with Crippen LogP contribution in [-0.2, 0) is 19.6 Å². The van der Waals surface area contributed by atoms with Crippen molar-refractivity contribution in [3.8, 4) is 17.2 Å². The maximum absolute atomic E-state index is 15.2. The number of phenolic OH excluding ortho intramolecular Hbond substituents is 3. The zero-order valence-electron chi connectivity index (χ0n) is 43.3. The second kappa shape index (κ2) is 20.1. The van der Waals surface area contributed by atoms with Crippen molar-refractivity contribution in [2.45, 2.75) is 158 Å². The minimum atomic E-state index is -0.742. The van der Waals surface area contributed by atoms with Crippen molar-refractivity contribution < 1.29 is 29.7 Å². The third-order valence-corrected chi connectivity index (χ3v) is 14.8. The molecule has 4 aromatic rings. The van der Waals surface area contributed by atoms with E-state index >= 15 is 14.4 Å². The summed E-state index contributed by atoms with van der Waals surface area (Å²) >= 11 is 0. The van der Waals surface area contributed by atoms with Gasteiger partial charge in [0, 0.05) is 37.8 Å². The van der Waals surface area contributed by atoms with Gasteiger partial charge in [-0.15, -0.1) is 0 Å². The fraction of sp³-hybridized carbons (Fsp3) is 0.556. The molecule has 3 saturated carbocycles. The monoisotopic (exact) mass is 994 g/mol. The summed E-state index contributed by atoms with van der Waals surface area (Å²) in [4.78, 5) is 85.6. The van der Waals surface area contributed by atoms with E-state index in [0.717, 1.165) is 0 Å². The van der Waals surface area contributed by atoms with E-state index in [9.17, 15) is 29.7 Å². The van der Waals surface area contributed by atoms with Crippen molar-refractivity contribution in [2.24, 2.45) is 32.5 Å². The first-order valence-corrected chi connectivity index (χ1v) is 25.0. The molecule has 6 amide bonds. The van der Waals surface area contributed by atoms with Crippen molar-refractivity contribution in [3.63, 3.8) is 0 Å². The Morgan fingerprint density at radius 3 is 0.903 bits per heavy atom. The average Bonchev–Trinajstić information content (AvgIpc) is 3.23. The van der Waals surface area contributed by atoms with E-state index in [2.05, 4.69) is 73.4 Å². The van der Waals surface area contributed by atoms with Crippen LogP contribution in [0.15, 0.2) is 87.2 Å². The largest absolute Gasteiger partial charge is 0.506 e. The number of phenols is 3. The van der Waals surface area contributed by atoms with Crippen LogP contribution in [0.5, 0.6) is 17.2 Å². The number of nitrogens with one attached hydrogen (secondary N) is 6. The Bertz CT molecular complexity index is 2540. The Balaban J connectivity index is 1.23. The van der Waals surface area contributed by atoms with Crippen LogP contribution in [0, 0.1) is 32.5 Å². The highest BCUT2D eigenvalue weighted by molar-refractivity contribution is 5.92. The van der Waals surface area contributed by atoms with Crippen LogP contribution in [0.25, 0.3) is 0 Å². The van der Waals surface area contributed by atoms with Gasteiger partial charge in [0.25, 0.3) is 0 Å². The number of carbonyl (C=O) groups excluding carboxylic acids is 3. The maximum atomic E-state index is 15.2. The van der Waals surface area contributed by atoms with Crippen LogP contribution in [0.2, 0.25) is 0 Å². The van der Waals surface area contributed by atoms with Gasteiger partial charge in [-0.05, 0) is 127 Å². The Kier molecular flexibility index (Phi) is 14.8. The highest BCUT2D eigenvalue weighted by Gasteiger charge is 2.47. The molecule has 72 heavy (non-hydrogen) atoms. The minimum absolute atomic E-state index is 0.0502. The first-order chi connectivity index (χ1) is 33.5. The predicted octanol–water partition coefficient (Wildman–Crippen LogP) is 8.51. The van der Waals surface area contributed by atoms with Crippen molar-refractivity contribution >= 4 is 35.2 Å². The molecule has 0 radical (unpaired) electrons. The molecular formula is C54H75N9O9. The van der Waals surface area contributed by atoms with Gasteiger partial charge in [-0.1, -0.05) is 98.7 Å².